The molecular weight excluding hydrogens is 1450 g/mol. The third-order valence-corrected chi connectivity index (χ3v) is 20.3. The summed E-state index contributed by atoms with van der Waals surface area (Å²) < 4.78 is 104. The van der Waals surface area contributed by atoms with E-state index in [1.165, 1.54) is 84.0 Å². The first kappa shape index (κ1) is 83.1. The number of urea groups is 1. The summed E-state index contributed by atoms with van der Waals surface area (Å²) in [5.41, 5.74) is -12.4. The van der Waals surface area contributed by atoms with Gasteiger partial charge in [0.25, 0.3) is 11.8 Å². The van der Waals surface area contributed by atoms with Gasteiger partial charge in [0.2, 0.25) is 0 Å². The molecule has 2 bridgehead atoms. The van der Waals surface area contributed by atoms with E-state index >= 15 is 4.79 Å². The average molecular weight is 1530 g/mol. The highest BCUT2D eigenvalue weighted by Gasteiger charge is 2.79. The fraction of sp³-hybridized carbons (Fsp3) is 0.474. The van der Waals surface area contributed by atoms with E-state index in [-0.39, 0.29) is 81.3 Å². The number of benzene rings is 4. The van der Waals surface area contributed by atoms with Gasteiger partial charge in [0.1, 0.15) is 48.8 Å². The number of aliphatic hydroxyl groups is 2. The van der Waals surface area contributed by atoms with Crippen LogP contribution in [0.1, 0.15) is 137 Å². The number of carbonyl (C=O) groups is 12. The molecule has 3 N–H and O–H groups in total. The number of alkyl halides is 3. The third kappa shape index (κ3) is 17.9. The summed E-state index contributed by atoms with van der Waals surface area (Å²) in [6, 6.07) is 25.0. The second kappa shape index (κ2) is 34.8. The highest BCUT2D eigenvalue weighted by molar-refractivity contribution is 6.23. The molecule has 11 atom stereocenters. The number of imide groups is 1. The number of hydrogen-bond donors (Lipinski definition) is 3. The minimum absolute atomic E-state index is 0.00204. The molecule has 5 aliphatic rings. The first-order chi connectivity index (χ1) is 52.0. The quantitative estimate of drug-likeness (QED) is 0.0128. The number of hydrogen-bond acceptors (Lipinski definition) is 26. The van der Waals surface area contributed by atoms with Crippen LogP contribution in [0, 0.1) is 39.9 Å². The molecule has 0 radical (unpaired) electrons. The fourth-order valence-corrected chi connectivity index (χ4v) is 14.6. The molecule has 4 aromatic carbocycles. The average Bonchev–Trinajstić information content (AvgIpc) is 0.774. The number of Topliss-reactive ketones (excluding diaryl/α,β-unsaturated/α-hetero) is 1. The Morgan fingerprint density at radius 2 is 1.26 bits per heavy atom. The van der Waals surface area contributed by atoms with Crippen molar-refractivity contribution in [2.75, 3.05) is 64.3 Å². The van der Waals surface area contributed by atoms with E-state index in [1.807, 2.05) is 0 Å². The second-order valence-electron chi connectivity index (χ2n) is 27.9. The molecule has 1 unspecified atom stereocenters. The van der Waals surface area contributed by atoms with E-state index in [0.717, 1.165) is 30.9 Å². The van der Waals surface area contributed by atoms with Gasteiger partial charge in [-0.2, -0.15) is 18.4 Å². The summed E-state index contributed by atoms with van der Waals surface area (Å²) in [7, 11) is 0. The van der Waals surface area contributed by atoms with Crippen LogP contribution in [-0.2, 0) is 101 Å². The number of carbonyl (C=O) groups excluding carboxylic acids is 12. The van der Waals surface area contributed by atoms with Crippen molar-refractivity contribution in [1.82, 2.24) is 10.2 Å². The molecule has 4 amide bonds. The summed E-state index contributed by atoms with van der Waals surface area (Å²) in [4.78, 5) is 167. The van der Waals surface area contributed by atoms with Gasteiger partial charge in [-0.15, -0.1) is 0 Å². The zero-order chi connectivity index (χ0) is 80.3. The zero-order valence-corrected chi connectivity index (χ0v) is 61.4. The Kier molecular flexibility index (Phi) is 26.3. The molecule has 0 spiro atoms. The lowest BCUT2D eigenvalue weighted by Crippen LogP contribution is -2.82. The van der Waals surface area contributed by atoms with Crippen LogP contribution >= 0.6 is 0 Å². The normalized spacial score (nSPS) is 24.1. The SMILES string of the molecule is CC(=O)O[C@H]1C(=O)[C@]2(C)[C@@H](OC(=O)CCC(=O)OCCOCCOCCOC(=O)CCC(=O)OCC#CCN3C(=O)N(c4ccc(C#N)c(C(F)(F)F)c4)C(=O)C3(C)C)CC3OC[C@@]3(OC(C)=O)[C@H]2[C@H](OC(=O)c2ccccc2)[C@]2(O)C[C@H](OC(=O)[C@H](O)[C@@H](NC(=O)c3ccccc3)c3ccccc3)C(C)=C1C2(C)C. The highest BCUT2D eigenvalue weighted by Crippen LogP contribution is 2.65. The molecule has 2 saturated carbocycles. The van der Waals surface area contributed by atoms with Crippen LogP contribution in [0.5, 0.6) is 0 Å². The predicted molar refractivity (Wildman–Crippen MR) is 372 cm³/mol. The van der Waals surface area contributed by atoms with Gasteiger partial charge in [-0.3, -0.25) is 48.1 Å². The van der Waals surface area contributed by atoms with Crippen LogP contribution in [0.3, 0.4) is 0 Å². The van der Waals surface area contributed by atoms with Crippen molar-refractivity contribution in [3.05, 3.63) is 148 Å². The molecule has 586 valence electrons. The van der Waals surface area contributed by atoms with Crippen LogP contribution in [0.25, 0.3) is 0 Å². The minimum atomic E-state index is -4.94. The Morgan fingerprint density at radius 1 is 0.700 bits per heavy atom. The van der Waals surface area contributed by atoms with Crippen molar-refractivity contribution in [2.45, 2.75) is 159 Å². The number of halogens is 3. The van der Waals surface area contributed by atoms with E-state index in [4.69, 9.17) is 57.4 Å². The first-order valence-electron chi connectivity index (χ1n) is 35.1. The first-order valence-corrected chi connectivity index (χ1v) is 35.1. The number of aliphatic hydroxyl groups excluding tert-OH is 1. The van der Waals surface area contributed by atoms with Crippen molar-refractivity contribution in [3.8, 4) is 17.9 Å². The summed E-state index contributed by atoms with van der Waals surface area (Å²) in [5, 5.41) is 38.0. The number of fused-ring (bicyclic) bond motifs is 5. The van der Waals surface area contributed by atoms with Crippen LogP contribution in [-0.4, -0.2) is 199 Å². The van der Waals surface area contributed by atoms with E-state index in [2.05, 4.69) is 17.2 Å². The Balaban J connectivity index is 0.788. The van der Waals surface area contributed by atoms with E-state index < -0.39 is 209 Å². The molecule has 29 nitrogen and oxygen atoms in total. The second-order valence-corrected chi connectivity index (χ2v) is 27.9. The van der Waals surface area contributed by atoms with Crippen molar-refractivity contribution in [1.29, 1.82) is 5.26 Å². The summed E-state index contributed by atoms with van der Waals surface area (Å²) in [6.45, 7) is 8.57. The number of ketones is 1. The maximum Gasteiger partial charge on any atom is 0.417 e. The van der Waals surface area contributed by atoms with Crippen LogP contribution in [0.15, 0.2) is 120 Å². The number of nitrogens with zero attached hydrogens (tertiary/aromatic N) is 3. The van der Waals surface area contributed by atoms with Gasteiger partial charge in [0.15, 0.2) is 30.2 Å². The zero-order valence-electron chi connectivity index (χ0n) is 61.4. The van der Waals surface area contributed by atoms with E-state index in [1.54, 1.807) is 54.6 Å². The summed E-state index contributed by atoms with van der Waals surface area (Å²) in [6.07, 6.45) is -18.8. The topological polar surface area (TPSA) is 389 Å². The predicted octanol–water partition coefficient (Wildman–Crippen LogP) is 6.65. The molecule has 3 aliphatic carbocycles. The van der Waals surface area contributed by atoms with Crippen LogP contribution in [0.2, 0.25) is 0 Å². The summed E-state index contributed by atoms with van der Waals surface area (Å²) >= 11 is 0. The number of rotatable bonds is 29. The lowest BCUT2D eigenvalue weighted by Gasteiger charge is -2.67. The van der Waals surface area contributed by atoms with Gasteiger partial charge in [0, 0.05) is 37.7 Å². The van der Waals surface area contributed by atoms with Gasteiger partial charge < -0.3 is 67.6 Å². The number of esters is 8. The van der Waals surface area contributed by atoms with Gasteiger partial charge in [-0.25, -0.2) is 19.3 Å². The summed E-state index contributed by atoms with van der Waals surface area (Å²) in [5.74, 6) is -7.04. The van der Waals surface area contributed by atoms with Crippen molar-refractivity contribution < 1.29 is 133 Å². The molecule has 2 aliphatic heterocycles. The Bertz CT molecular complexity index is 4330. The Labute approximate surface area is 629 Å². The van der Waals surface area contributed by atoms with Crippen LogP contribution in [0.4, 0.5) is 23.7 Å². The molecule has 110 heavy (non-hydrogen) atoms. The fourth-order valence-electron chi connectivity index (χ4n) is 14.6. The Hall–Kier alpha value is -10.9. The molecule has 0 aromatic heterocycles. The number of amides is 4. The van der Waals surface area contributed by atoms with Gasteiger partial charge in [0.05, 0.1) is 111 Å². The largest absolute Gasteiger partial charge is 0.463 e. The maximum absolute atomic E-state index is 16.4. The van der Waals surface area contributed by atoms with Crippen molar-refractivity contribution in [2.24, 2.45) is 16.7 Å². The van der Waals surface area contributed by atoms with Gasteiger partial charge >= 0.3 is 60.0 Å². The molecule has 2 heterocycles. The number of nitrogens with one attached hydrogen (secondary N) is 1. The number of ether oxygens (including phenoxy) is 11. The molecule has 4 fully saturated rings. The molecular formula is C78H83F3N4O25. The van der Waals surface area contributed by atoms with Gasteiger partial charge in [-0.05, 0) is 86.9 Å². The smallest absolute Gasteiger partial charge is 0.417 e. The van der Waals surface area contributed by atoms with E-state index in [0.29, 0.717) is 16.5 Å². The van der Waals surface area contributed by atoms with Crippen LogP contribution < -0.4 is 10.2 Å². The monoisotopic (exact) mass is 1530 g/mol. The molecule has 4 aromatic rings. The number of anilines is 1. The maximum atomic E-state index is 16.4. The molecule has 2 saturated heterocycles. The molecule has 9 rings (SSSR count). The minimum Gasteiger partial charge on any atom is -0.463 e. The van der Waals surface area contributed by atoms with Crippen molar-refractivity contribution >= 4 is 77.1 Å². The number of nitriles is 1. The van der Waals surface area contributed by atoms with E-state index in [9.17, 15) is 76.1 Å². The molecule has 32 heteroatoms. The van der Waals surface area contributed by atoms with Gasteiger partial charge in [-0.1, -0.05) is 92.4 Å². The van der Waals surface area contributed by atoms with Crippen molar-refractivity contribution in [3.63, 3.8) is 0 Å². The highest BCUT2D eigenvalue weighted by atomic mass is 19.4. The lowest BCUT2D eigenvalue weighted by molar-refractivity contribution is -0.346. The third-order valence-electron chi connectivity index (χ3n) is 20.3. The lowest BCUT2D eigenvalue weighted by atomic mass is 9.44. The Morgan fingerprint density at radius 3 is 1.82 bits per heavy atom. The standard InChI is InChI=1S/C78H83F3N4O25/c1-45-54(107-70(96)63(92)62(48-20-12-9-13-21-48)83-68(94)49-22-14-10-15-23-49)42-77(99)67(109-69(95)50-24-16-11-17-25-50)65-75(8,66(93)64(106-46(2)86)61(45)73(77,4)5)55(41-56-76(65,44-105-56)110-47(3)87)108-60(91)31-30-59(90)104-39-37-101-35-34-100-36-38-103-58(89)29-28-57(88)102-33-19-18-32-84-72(98)85(71(97)74(84,6)7)52-27-26-51(43-82)53(40-52)78(79,80)81/h9-17,20-27,40,54-56,62-65,67,92,99H,28-39,41-42,44H2,1-8H3,(H,83,94)/t54-,55-,56?,62-,63+,64+,65-,67-,75+,76-,77+/m0/s1.